The molecule has 2 aromatic heterocycles. The van der Waals surface area contributed by atoms with Crippen molar-refractivity contribution in [1.82, 2.24) is 19.6 Å². The van der Waals surface area contributed by atoms with E-state index in [1.165, 1.54) is 16.2 Å². The van der Waals surface area contributed by atoms with Crippen LogP contribution in [0.4, 0.5) is 0 Å². The Kier molecular flexibility index (Phi) is 5.39. The number of nitrogens with zero attached hydrogens (tertiary/aromatic N) is 3. The third-order valence-electron chi connectivity index (χ3n) is 5.38. The zero-order chi connectivity index (χ0) is 22.9. The van der Waals surface area contributed by atoms with Crippen LogP contribution in [0, 0.1) is 0 Å². The first kappa shape index (κ1) is 20.9. The summed E-state index contributed by atoms with van der Waals surface area (Å²) >= 11 is 1.52. The molecule has 0 atom stereocenters. The topological polar surface area (TPSA) is 93.0 Å². The van der Waals surface area contributed by atoms with Gasteiger partial charge in [0.2, 0.25) is 0 Å². The molecule has 4 aromatic rings. The minimum absolute atomic E-state index is 0.0658. The zero-order valence-corrected chi connectivity index (χ0v) is 18.6. The molecule has 1 aliphatic rings. The zero-order valence-electron chi connectivity index (χ0n) is 17.8. The van der Waals surface area contributed by atoms with E-state index in [1.54, 1.807) is 42.5 Å². The second-order valence-electron chi connectivity index (χ2n) is 7.51. The highest BCUT2D eigenvalue weighted by Crippen LogP contribution is 2.26. The molecule has 0 spiro atoms. The molecule has 33 heavy (non-hydrogen) atoms. The quantitative estimate of drug-likeness (QED) is 0.426. The molecule has 0 radical (unpaired) electrons. The van der Waals surface area contributed by atoms with Crippen molar-refractivity contribution in [1.29, 1.82) is 0 Å². The van der Waals surface area contributed by atoms with Crippen molar-refractivity contribution >= 4 is 34.0 Å². The van der Waals surface area contributed by atoms with Crippen LogP contribution in [0.3, 0.4) is 0 Å². The lowest BCUT2D eigenvalue weighted by Gasteiger charge is -2.16. The first-order valence-electron chi connectivity index (χ1n) is 10.5. The van der Waals surface area contributed by atoms with Gasteiger partial charge in [-0.05, 0) is 36.8 Å². The second-order valence-corrected chi connectivity index (χ2v) is 8.39. The largest absolute Gasteiger partial charge is 0.493 e. The van der Waals surface area contributed by atoms with Gasteiger partial charge in [0.05, 0.1) is 42.1 Å². The minimum Gasteiger partial charge on any atom is -0.493 e. The Morgan fingerprint density at radius 1 is 1.12 bits per heavy atom. The van der Waals surface area contributed by atoms with Gasteiger partial charge >= 0.3 is 0 Å². The third kappa shape index (κ3) is 3.87. The normalized spacial score (nSPS) is 12.9. The predicted octanol–water partition coefficient (Wildman–Crippen LogP) is 3.52. The Morgan fingerprint density at radius 2 is 1.88 bits per heavy atom. The van der Waals surface area contributed by atoms with Crippen molar-refractivity contribution in [2.45, 2.75) is 20.0 Å². The molecule has 1 aliphatic heterocycles. The summed E-state index contributed by atoms with van der Waals surface area (Å²) in [7, 11) is 0. The number of fused-ring (bicyclic) bond motifs is 2. The minimum atomic E-state index is -0.338. The summed E-state index contributed by atoms with van der Waals surface area (Å²) < 4.78 is 7.54. The van der Waals surface area contributed by atoms with E-state index in [4.69, 9.17) is 4.74 Å². The van der Waals surface area contributed by atoms with Crippen LogP contribution in [0.1, 0.15) is 49.3 Å². The van der Waals surface area contributed by atoms with E-state index in [1.807, 2.05) is 29.1 Å². The molecule has 0 fully saturated rings. The molecule has 3 heterocycles. The highest BCUT2D eigenvalue weighted by Gasteiger charge is 2.35. The number of carbonyl (C=O) groups excluding carboxylic acids is 3. The number of aromatic nitrogens is 2. The maximum atomic E-state index is 13.0. The van der Waals surface area contributed by atoms with Crippen molar-refractivity contribution in [2.24, 2.45) is 0 Å². The van der Waals surface area contributed by atoms with E-state index in [0.29, 0.717) is 34.6 Å². The summed E-state index contributed by atoms with van der Waals surface area (Å²) in [6.45, 7) is 2.57. The Bertz CT molecular complexity index is 1330. The molecule has 0 saturated carbocycles. The van der Waals surface area contributed by atoms with Crippen LogP contribution < -0.4 is 10.1 Å². The second kappa shape index (κ2) is 8.51. The highest BCUT2D eigenvalue weighted by molar-refractivity contribution is 7.15. The molecule has 0 bridgehead atoms. The highest BCUT2D eigenvalue weighted by atomic mass is 32.1. The number of hydrogen-bond acceptors (Lipinski definition) is 6. The number of ether oxygens (including phenoxy) is 1. The van der Waals surface area contributed by atoms with Crippen LogP contribution in [0.25, 0.3) is 4.96 Å². The van der Waals surface area contributed by atoms with Crippen molar-refractivity contribution in [3.05, 3.63) is 88.2 Å². The SMILES string of the molecule is CCOc1ccc(CN2C(=O)c3ccccc3C2=O)cc1C(=O)NCc1cn2ccsc2n1. The summed E-state index contributed by atoms with van der Waals surface area (Å²) in [5, 5.41) is 4.82. The average molecular weight is 461 g/mol. The molecule has 1 N–H and O–H groups in total. The fraction of sp³-hybridized carbons (Fsp3) is 0.167. The molecule has 3 amide bonds. The fourth-order valence-electron chi connectivity index (χ4n) is 3.83. The van der Waals surface area contributed by atoms with E-state index in [0.717, 1.165) is 10.7 Å². The van der Waals surface area contributed by atoms with Crippen LogP contribution in [-0.2, 0) is 13.1 Å². The lowest BCUT2D eigenvalue weighted by Crippen LogP contribution is -2.29. The predicted molar refractivity (Wildman–Crippen MR) is 122 cm³/mol. The fourth-order valence-corrected chi connectivity index (χ4v) is 4.55. The van der Waals surface area contributed by atoms with E-state index in [2.05, 4.69) is 10.3 Å². The number of imidazole rings is 1. The molecule has 0 saturated heterocycles. The number of imide groups is 1. The van der Waals surface area contributed by atoms with Gasteiger partial charge in [0.1, 0.15) is 5.75 Å². The summed E-state index contributed by atoms with van der Waals surface area (Å²) in [6, 6.07) is 11.9. The number of rotatable bonds is 7. The van der Waals surface area contributed by atoms with Crippen LogP contribution in [0.5, 0.6) is 5.75 Å². The van der Waals surface area contributed by atoms with Crippen molar-refractivity contribution in [3.63, 3.8) is 0 Å². The molecule has 0 unspecified atom stereocenters. The van der Waals surface area contributed by atoms with Gasteiger partial charge in [-0.3, -0.25) is 23.7 Å². The number of thiazole rings is 1. The smallest absolute Gasteiger partial charge is 0.261 e. The van der Waals surface area contributed by atoms with E-state index < -0.39 is 0 Å². The van der Waals surface area contributed by atoms with E-state index in [9.17, 15) is 14.4 Å². The average Bonchev–Trinajstić information content (AvgIpc) is 3.48. The summed E-state index contributed by atoms with van der Waals surface area (Å²) in [5.41, 5.74) is 2.53. The maximum Gasteiger partial charge on any atom is 0.261 e. The molecule has 0 aliphatic carbocycles. The lowest BCUT2D eigenvalue weighted by atomic mass is 10.1. The van der Waals surface area contributed by atoms with Crippen LogP contribution in [0.2, 0.25) is 0 Å². The van der Waals surface area contributed by atoms with Crippen molar-refractivity contribution in [2.75, 3.05) is 6.61 Å². The van der Waals surface area contributed by atoms with Gasteiger partial charge < -0.3 is 10.1 Å². The molecule has 9 heteroatoms. The summed E-state index contributed by atoms with van der Waals surface area (Å²) in [5.74, 6) is -0.559. The van der Waals surface area contributed by atoms with E-state index >= 15 is 0 Å². The van der Waals surface area contributed by atoms with Gasteiger partial charge in [-0.2, -0.15) is 0 Å². The Hall–Kier alpha value is -3.98. The monoisotopic (exact) mass is 460 g/mol. The first-order valence-corrected chi connectivity index (χ1v) is 11.3. The molecular weight excluding hydrogens is 440 g/mol. The van der Waals surface area contributed by atoms with Gasteiger partial charge in [-0.25, -0.2) is 4.98 Å². The van der Waals surface area contributed by atoms with Crippen LogP contribution >= 0.6 is 11.3 Å². The Morgan fingerprint density at radius 3 is 2.58 bits per heavy atom. The molecule has 5 rings (SSSR count). The van der Waals surface area contributed by atoms with Gasteiger partial charge in [0.25, 0.3) is 17.7 Å². The number of nitrogens with one attached hydrogen (secondary N) is 1. The molecular formula is C24H20N4O4S. The molecule has 2 aromatic carbocycles. The summed E-state index contributed by atoms with van der Waals surface area (Å²) in [4.78, 5) is 44.9. The van der Waals surface area contributed by atoms with Gasteiger partial charge in [-0.1, -0.05) is 18.2 Å². The molecule has 166 valence electrons. The third-order valence-corrected chi connectivity index (χ3v) is 6.15. The van der Waals surface area contributed by atoms with E-state index in [-0.39, 0.29) is 30.8 Å². The summed E-state index contributed by atoms with van der Waals surface area (Å²) in [6.07, 6.45) is 3.78. The lowest BCUT2D eigenvalue weighted by molar-refractivity contribution is 0.0642. The van der Waals surface area contributed by atoms with Gasteiger partial charge in [0, 0.05) is 17.8 Å². The first-order chi connectivity index (χ1) is 16.0. The van der Waals surface area contributed by atoms with Crippen LogP contribution in [-0.4, -0.2) is 38.6 Å². The Balaban J connectivity index is 1.35. The standard InChI is InChI=1S/C24H20N4O4S/c1-2-32-20-8-7-15(13-28-22(30)17-5-3-4-6-18(17)23(28)31)11-19(20)21(29)25-12-16-14-27-9-10-33-24(27)26-16/h3-11,14H,2,12-13H2,1H3,(H,25,29). The maximum absolute atomic E-state index is 13.0. The van der Waals surface area contributed by atoms with Crippen molar-refractivity contribution < 1.29 is 19.1 Å². The van der Waals surface area contributed by atoms with Gasteiger partial charge in [0.15, 0.2) is 4.96 Å². The Labute approximate surface area is 193 Å². The number of benzene rings is 2. The van der Waals surface area contributed by atoms with Gasteiger partial charge in [-0.15, -0.1) is 11.3 Å². The van der Waals surface area contributed by atoms with Crippen molar-refractivity contribution in [3.8, 4) is 5.75 Å². The number of carbonyl (C=O) groups is 3. The number of amides is 3. The number of hydrogen-bond donors (Lipinski definition) is 1. The van der Waals surface area contributed by atoms with Crippen LogP contribution in [0.15, 0.2) is 60.2 Å². The molecule has 8 nitrogen and oxygen atoms in total.